The van der Waals surface area contributed by atoms with Crippen molar-refractivity contribution >= 4 is 29.3 Å². The zero-order valence-electron chi connectivity index (χ0n) is 12.6. The van der Waals surface area contributed by atoms with E-state index < -0.39 is 6.61 Å². The summed E-state index contributed by atoms with van der Waals surface area (Å²) in [5.41, 5.74) is 1.20. The van der Waals surface area contributed by atoms with E-state index in [0.717, 1.165) is 0 Å². The number of nitrogens with one attached hydrogen (secondary N) is 1. The molecule has 0 aliphatic rings. The lowest BCUT2D eigenvalue weighted by Crippen LogP contribution is -2.07. The molecule has 1 N–H and O–H groups in total. The second kappa shape index (κ2) is 8.31. The van der Waals surface area contributed by atoms with Gasteiger partial charge in [0.25, 0.3) is 0 Å². The van der Waals surface area contributed by atoms with Gasteiger partial charge in [-0.1, -0.05) is 17.7 Å². The number of ether oxygens (including phenoxy) is 2. The average Bonchev–Trinajstić information content (AvgIpc) is 2.55. The van der Waals surface area contributed by atoms with E-state index in [1.54, 1.807) is 24.3 Å². The van der Waals surface area contributed by atoms with Crippen LogP contribution in [0.25, 0.3) is 6.08 Å². The molecule has 0 heterocycles. The van der Waals surface area contributed by atoms with Crippen LogP contribution in [-0.4, -0.2) is 19.6 Å². The Labute approximate surface area is 142 Å². The molecule has 0 spiro atoms. The highest BCUT2D eigenvalue weighted by atomic mass is 35.5. The summed E-state index contributed by atoms with van der Waals surface area (Å²) in [4.78, 5) is 11.9. The standard InChI is InChI=1S/C17H14ClF2NO3/c1-23-15-10-11(2-8-14(15)24-17(19)20)3-9-16(22)21-13-6-4-12(18)5-7-13/h2-10,17H,1H3,(H,21,22)/b9-3+. The maximum absolute atomic E-state index is 12.3. The van der Waals surface area contributed by atoms with Crippen molar-refractivity contribution in [2.24, 2.45) is 0 Å². The third-order valence-corrected chi connectivity index (χ3v) is 3.19. The Bertz CT molecular complexity index is 733. The van der Waals surface area contributed by atoms with Crippen molar-refractivity contribution in [3.63, 3.8) is 0 Å². The van der Waals surface area contributed by atoms with Gasteiger partial charge in [0.1, 0.15) is 0 Å². The Morgan fingerprint density at radius 2 is 1.88 bits per heavy atom. The minimum absolute atomic E-state index is 0.0738. The molecule has 24 heavy (non-hydrogen) atoms. The molecule has 0 aliphatic heterocycles. The van der Waals surface area contributed by atoms with Crippen molar-refractivity contribution in [3.8, 4) is 11.5 Å². The monoisotopic (exact) mass is 353 g/mol. The van der Waals surface area contributed by atoms with Crippen LogP contribution in [0.3, 0.4) is 0 Å². The summed E-state index contributed by atoms with van der Waals surface area (Å²) in [6, 6.07) is 11.0. The van der Waals surface area contributed by atoms with Crippen molar-refractivity contribution < 1.29 is 23.0 Å². The molecule has 7 heteroatoms. The number of alkyl halides is 2. The first kappa shape index (κ1) is 17.7. The first-order valence-electron chi connectivity index (χ1n) is 6.85. The van der Waals surface area contributed by atoms with Crippen molar-refractivity contribution in [2.75, 3.05) is 12.4 Å². The predicted molar refractivity (Wildman–Crippen MR) is 88.7 cm³/mol. The number of carbonyl (C=O) groups excluding carboxylic acids is 1. The fourth-order valence-corrected chi connectivity index (χ4v) is 2.00. The number of amides is 1. The zero-order valence-corrected chi connectivity index (χ0v) is 13.4. The molecule has 0 saturated heterocycles. The molecule has 0 aromatic heterocycles. The third kappa shape index (κ3) is 5.24. The van der Waals surface area contributed by atoms with Crippen LogP contribution in [0.15, 0.2) is 48.5 Å². The Hall–Kier alpha value is -2.60. The van der Waals surface area contributed by atoms with Crippen LogP contribution in [0.4, 0.5) is 14.5 Å². The molecule has 0 bridgehead atoms. The highest BCUT2D eigenvalue weighted by Crippen LogP contribution is 2.29. The van der Waals surface area contributed by atoms with Crippen molar-refractivity contribution in [1.29, 1.82) is 0 Å². The SMILES string of the molecule is COc1cc(/C=C/C(=O)Nc2ccc(Cl)cc2)ccc1OC(F)F. The smallest absolute Gasteiger partial charge is 0.387 e. The topological polar surface area (TPSA) is 47.6 Å². The van der Waals surface area contributed by atoms with Gasteiger partial charge >= 0.3 is 6.61 Å². The molecule has 2 aromatic rings. The number of methoxy groups -OCH3 is 1. The molecule has 2 aromatic carbocycles. The summed E-state index contributed by atoms with van der Waals surface area (Å²) in [5, 5.41) is 3.24. The lowest BCUT2D eigenvalue weighted by Gasteiger charge is -2.10. The van der Waals surface area contributed by atoms with Gasteiger partial charge in [-0.15, -0.1) is 0 Å². The van der Waals surface area contributed by atoms with Gasteiger partial charge in [-0.25, -0.2) is 0 Å². The summed E-state index contributed by atoms with van der Waals surface area (Å²) >= 11 is 5.77. The van der Waals surface area contributed by atoms with E-state index in [4.69, 9.17) is 16.3 Å². The molecule has 0 unspecified atom stereocenters. The summed E-state index contributed by atoms with van der Waals surface area (Å²) in [5.74, 6) is -0.268. The molecule has 4 nitrogen and oxygen atoms in total. The van der Waals surface area contributed by atoms with Crippen LogP contribution in [0.1, 0.15) is 5.56 Å². The Kier molecular flexibility index (Phi) is 6.14. The quantitative estimate of drug-likeness (QED) is 0.772. The van der Waals surface area contributed by atoms with E-state index >= 15 is 0 Å². The number of halogens is 3. The van der Waals surface area contributed by atoms with Crippen molar-refractivity contribution in [2.45, 2.75) is 6.61 Å². The van der Waals surface area contributed by atoms with E-state index in [1.807, 2.05) is 0 Å². The number of hydrogen-bond acceptors (Lipinski definition) is 3. The molecule has 0 atom stereocenters. The minimum atomic E-state index is -2.94. The lowest BCUT2D eigenvalue weighted by molar-refractivity contribution is -0.111. The highest BCUT2D eigenvalue weighted by molar-refractivity contribution is 6.30. The maximum atomic E-state index is 12.3. The molecule has 0 radical (unpaired) electrons. The number of rotatable bonds is 6. The molecular weight excluding hydrogens is 340 g/mol. The molecule has 2 rings (SSSR count). The number of benzene rings is 2. The van der Waals surface area contributed by atoms with Gasteiger partial charge in [-0.3, -0.25) is 4.79 Å². The first-order chi connectivity index (χ1) is 11.5. The third-order valence-electron chi connectivity index (χ3n) is 2.94. The van der Waals surface area contributed by atoms with E-state index in [1.165, 1.54) is 37.5 Å². The van der Waals surface area contributed by atoms with Gasteiger partial charge in [0.15, 0.2) is 11.5 Å². The van der Waals surface area contributed by atoms with Gasteiger partial charge in [0, 0.05) is 16.8 Å². The largest absolute Gasteiger partial charge is 0.493 e. The summed E-state index contributed by atoms with van der Waals surface area (Å²) in [6.07, 6.45) is 2.84. The zero-order chi connectivity index (χ0) is 17.5. The minimum Gasteiger partial charge on any atom is -0.493 e. The molecular formula is C17H14ClF2NO3. The molecule has 0 fully saturated rings. The Balaban J connectivity index is 2.05. The van der Waals surface area contributed by atoms with Crippen LogP contribution < -0.4 is 14.8 Å². The van der Waals surface area contributed by atoms with Gasteiger partial charge in [0.2, 0.25) is 5.91 Å². The maximum Gasteiger partial charge on any atom is 0.387 e. The molecule has 0 saturated carbocycles. The fraction of sp³-hybridized carbons (Fsp3) is 0.118. The predicted octanol–water partition coefficient (Wildman–Crippen LogP) is 4.60. The lowest BCUT2D eigenvalue weighted by atomic mass is 10.2. The van der Waals surface area contributed by atoms with Crippen LogP contribution in [0.5, 0.6) is 11.5 Å². The van der Waals surface area contributed by atoms with E-state index in [-0.39, 0.29) is 17.4 Å². The van der Waals surface area contributed by atoms with E-state index in [2.05, 4.69) is 10.1 Å². The number of carbonyl (C=O) groups is 1. The van der Waals surface area contributed by atoms with Crippen LogP contribution in [-0.2, 0) is 4.79 Å². The second-order valence-electron chi connectivity index (χ2n) is 4.62. The summed E-state index contributed by atoms with van der Waals surface area (Å²) < 4.78 is 33.9. The second-order valence-corrected chi connectivity index (χ2v) is 5.05. The van der Waals surface area contributed by atoms with Crippen molar-refractivity contribution in [1.82, 2.24) is 0 Å². The van der Waals surface area contributed by atoms with Gasteiger partial charge in [0.05, 0.1) is 7.11 Å². The van der Waals surface area contributed by atoms with Crippen LogP contribution in [0, 0.1) is 0 Å². The Morgan fingerprint density at radius 1 is 1.17 bits per heavy atom. The normalized spacial score (nSPS) is 10.9. The van der Waals surface area contributed by atoms with E-state index in [0.29, 0.717) is 16.3 Å². The van der Waals surface area contributed by atoms with Crippen LogP contribution in [0.2, 0.25) is 5.02 Å². The number of anilines is 1. The molecule has 0 aliphatic carbocycles. The summed E-state index contributed by atoms with van der Waals surface area (Å²) in [7, 11) is 1.34. The average molecular weight is 354 g/mol. The van der Waals surface area contributed by atoms with Gasteiger partial charge in [-0.05, 0) is 48.0 Å². The van der Waals surface area contributed by atoms with Crippen molar-refractivity contribution in [3.05, 3.63) is 59.1 Å². The molecule has 126 valence electrons. The summed E-state index contributed by atoms with van der Waals surface area (Å²) in [6.45, 7) is -2.94. The molecule has 1 amide bonds. The fourth-order valence-electron chi connectivity index (χ4n) is 1.87. The van der Waals surface area contributed by atoms with E-state index in [9.17, 15) is 13.6 Å². The first-order valence-corrected chi connectivity index (χ1v) is 7.23. The van der Waals surface area contributed by atoms with Gasteiger partial charge < -0.3 is 14.8 Å². The highest BCUT2D eigenvalue weighted by Gasteiger charge is 2.10. The number of hydrogen-bond donors (Lipinski definition) is 1. The van der Waals surface area contributed by atoms with Gasteiger partial charge in [-0.2, -0.15) is 8.78 Å². The Morgan fingerprint density at radius 3 is 2.50 bits per heavy atom. The van der Waals surface area contributed by atoms with Crippen LogP contribution >= 0.6 is 11.6 Å².